The summed E-state index contributed by atoms with van der Waals surface area (Å²) in [6, 6.07) is 6.93. The predicted molar refractivity (Wildman–Crippen MR) is 70.0 cm³/mol. The SMILES string of the molecule is COc1ccc(NC(=O)[C@@H]2[C@@H](C(=O)O)C2(C)C)cc1. The molecule has 0 saturated heterocycles. The highest BCUT2D eigenvalue weighted by atomic mass is 16.5. The van der Waals surface area contributed by atoms with Gasteiger partial charge in [0, 0.05) is 5.69 Å². The van der Waals surface area contributed by atoms with Crippen molar-refractivity contribution >= 4 is 17.6 Å². The molecule has 0 aliphatic heterocycles. The molecule has 0 heterocycles. The predicted octanol–water partition coefficient (Wildman–Crippen LogP) is 1.99. The van der Waals surface area contributed by atoms with Gasteiger partial charge in [-0.3, -0.25) is 9.59 Å². The number of carboxylic acids is 1. The van der Waals surface area contributed by atoms with Crippen LogP contribution in [-0.4, -0.2) is 24.1 Å². The van der Waals surface area contributed by atoms with Gasteiger partial charge in [0.25, 0.3) is 0 Å². The van der Waals surface area contributed by atoms with E-state index in [2.05, 4.69) is 5.32 Å². The zero-order valence-corrected chi connectivity index (χ0v) is 11.1. The van der Waals surface area contributed by atoms with Crippen LogP contribution in [-0.2, 0) is 9.59 Å². The first-order chi connectivity index (χ1) is 8.87. The number of carboxylic acid groups (broad SMARTS) is 1. The van der Waals surface area contributed by atoms with Gasteiger partial charge in [-0.1, -0.05) is 13.8 Å². The standard InChI is InChI=1S/C14H17NO4/c1-14(2)10(11(14)13(17)18)12(16)15-8-4-6-9(19-3)7-5-8/h4-7,10-11H,1-3H3,(H,15,16)(H,17,18)/t10-,11-/m0/s1. The zero-order chi connectivity index (χ0) is 14.2. The fraction of sp³-hybridized carbons (Fsp3) is 0.429. The van der Waals surface area contributed by atoms with Gasteiger partial charge < -0.3 is 15.2 Å². The summed E-state index contributed by atoms with van der Waals surface area (Å²) >= 11 is 0. The number of carbonyl (C=O) groups is 2. The summed E-state index contributed by atoms with van der Waals surface area (Å²) in [5, 5.41) is 11.8. The fourth-order valence-electron chi connectivity index (χ4n) is 2.48. The van der Waals surface area contributed by atoms with E-state index in [1.54, 1.807) is 45.2 Å². The van der Waals surface area contributed by atoms with Crippen molar-refractivity contribution in [2.75, 3.05) is 12.4 Å². The van der Waals surface area contributed by atoms with E-state index in [9.17, 15) is 9.59 Å². The van der Waals surface area contributed by atoms with Crippen LogP contribution in [0.15, 0.2) is 24.3 Å². The number of hydrogen-bond acceptors (Lipinski definition) is 3. The van der Waals surface area contributed by atoms with Gasteiger partial charge >= 0.3 is 5.97 Å². The van der Waals surface area contributed by atoms with E-state index in [4.69, 9.17) is 9.84 Å². The Morgan fingerprint density at radius 2 is 1.79 bits per heavy atom. The number of nitrogens with one attached hydrogen (secondary N) is 1. The van der Waals surface area contributed by atoms with E-state index in [1.165, 1.54) is 0 Å². The Labute approximate surface area is 111 Å². The molecule has 102 valence electrons. The number of carbonyl (C=O) groups excluding carboxylic acids is 1. The first kappa shape index (κ1) is 13.4. The molecule has 1 aliphatic rings. The Bertz CT molecular complexity index is 507. The van der Waals surface area contributed by atoms with Crippen molar-refractivity contribution < 1.29 is 19.4 Å². The maximum absolute atomic E-state index is 12.1. The van der Waals surface area contributed by atoms with Crippen molar-refractivity contribution in [3.8, 4) is 5.75 Å². The van der Waals surface area contributed by atoms with E-state index in [-0.39, 0.29) is 5.91 Å². The highest BCUT2D eigenvalue weighted by Crippen LogP contribution is 2.58. The average Bonchev–Trinajstić information content (AvgIpc) is 2.93. The average molecular weight is 263 g/mol. The van der Waals surface area contributed by atoms with Crippen molar-refractivity contribution in [3.05, 3.63) is 24.3 Å². The quantitative estimate of drug-likeness (QED) is 0.871. The van der Waals surface area contributed by atoms with Crippen LogP contribution in [0.4, 0.5) is 5.69 Å². The largest absolute Gasteiger partial charge is 0.497 e. The molecule has 0 unspecified atom stereocenters. The lowest BCUT2D eigenvalue weighted by molar-refractivity contribution is -0.140. The van der Waals surface area contributed by atoms with E-state index in [0.717, 1.165) is 0 Å². The first-order valence-electron chi connectivity index (χ1n) is 6.05. The third kappa shape index (κ3) is 2.41. The molecule has 5 heteroatoms. The number of ether oxygens (including phenoxy) is 1. The number of rotatable bonds is 4. The smallest absolute Gasteiger partial charge is 0.307 e. The minimum Gasteiger partial charge on any atom is -0.497 e. The maximum atomic E-state index is 12.1. The Morgan fingerprint density at radius 3 is 2.21 bits per heavy atom. The molecule has 1 aromatic rings. The van der Waals surface area contributed by atoms with Crippen molar-refractivity contribution in [1.82, 2.24) is 0 Å². The van der Waals surface area contributed by atoms with Gasteiger partial charge in [-0.2, -0.15) is 0 Å². The maximum Gasteiger partial charge on any atom is 0.307 e. The number of benzene rings is 1. The summed E-state index contributed by atoms with van der Waals surface area (Å²) in [7, 11) is 1.57. The van der Waals surface area contributed by atoms with Crippen molar-refractivity contribution in [1.29, 1.82) is 0 Å². The summed E-state index contributed by atoms with van der Waals surface area (Å²) in [6.45, 7) is 3.59. The Hall–Kier alpha value is -2.04. The molecular formula is C14H17NO4. The van der Waals surface area contributed by atoms with Crippen LogP contribution in [0.2, 0.25) is 0 Å². The summed E-state index contributed by atoms with van der Waals surface area (Å²) in [5.41, 5.74) is 0.153. The molecule has 19 heavy (non-hydrogen) atoms. The molecule has 1 amide bonds. The molecule has 2 atom stereocenters. The fourth-order valence-corrected chi connectivity index (χ4v) is 2.48. The van der Waals surface area contributed by atoms with E-state index in [0.29, 0.717) is 11.4 Å². The van der Waals surface area contributed by atoms with Gasteiger partial charge in [-0.05, 0) is 29.7 Å². The summed E-state index contributed by atoms with van der Waals surface area (Å²) in [5.74, 6) is -1.55. The van der Waals surface area contributed by atoms with Crippen molar-refractivity contribution in [3.63, 3.8) is 0 Å². The number of aliphatic carboxylic acids is 1. The van der Waals surface area contributed by atoms with Gasteiger partial charge in [0.15, 0.2) is 0 Å². The zero-order valence-electron chi connectivity index (χ0n) is 11.1. The molecular weight excluding hydrogens is 246 g/mol. The molecule has 1 fully saturated rings. The summed E-state index contributed by atoms with van der Waals surface area (Å²) in [4.78, 5) is 23.1. The van der Waals surface area contributed by atoms with Crippen LogP contribution in [0.5, 0.6) is 5.75 Å². The van der Waals surface area contributed by atoms with Crippen LogP contribution >= 0.6 is 0 Å². The minimum atomic E-state index is -0.917. The molecule has 1 aliphatic carbocycles. The second-order valence-electron chi connectivity index (χ2n) is 5.33. The van der Waals surface area contributed by atoms with Gasteiger partial charge in [-0.25, -0.2) is 0 Å². The summed E-state index contributed by atoms with van der Waals surface area (Å²) < 4.78 is 5.03. The van der Waals surface area contributed by atoms with E-state index >= 15 is 0 Å². The first-order valence-corrected chi connectivity index (χ1v) is 6.05. The van der Waals surface area contributed by atoms with Crippen LogP contribution in [0.1, 0.15) is 13.8 Å². The highest BCUT2D eigenvalue weighted by molar-refractivity contribution is 5.99. The third-order valence-electron chi connectivity index (χ3n) is 3.73. The molecule has 0 bridgehead atoms. The molecule has 5 nitrogen and oxygen atoms in total. The highest BCUT2D eigenvalue weighted by Gasteiger charge is 2.65. The van der Waals surface area contributed by atoms with Crippen LogP contribution in [0, 0.1) is 17.3 Å². The van der Waals surface area contributed by atoms with E-state index in [1.807, 2.05) is 0 Å². The topological polar surface area (TPSA) is 75.6 Å². The Balaban J connectivity index is 2.04. The number of anilines is 1. The second-order valence-corrected chi connectivity index (χ2v) is 5.33. The lowest BCUT2D eigenvalue weighted by Crippen LogP contribution is -2.17. The van der Waals surface area contributed by atoms with Crippen LogP contribution < -0.4 is 10.1 Å². The number of hydrogen-bond donors (Lipinski definition) is 2. The minimum absolute atomic E-state index is 0.248. The molecule has 0 radical (unpaired) electrons. The number of amides is 1. The monoisotopic (exact) mass is 263 g/mol. The third-order valence-corrected chi connectivity index (χ3v) is 3.73. The Morgan fingerprint density at radius 1 is 1.21 bits per heavy atom. The van der Waals surface area contributed by atoms with Gasteiger partial charge in [0.1, 0.15) is 5.75 Å². The molecule has 0 aromatic heterocycles. The Kier molecular flexibility index (Phi) is 3.22. The van der Waals surface area contributed by atoms with Gasteiger partial charge in [0.05, 0.1) is 18.9 Å². The van der Waals surface area contributed by atoms with Crippen molar-refractivity contribution in [2.45, 2.75) is 13.8 Å². The normalized spacial score (nSPS) is 23.5. The molecule has 0 spiro atoms. The lowest BCUT2D eigenvalue weighted by atomic mass is 10.1. The van der Waals surface area contributed by atoms with Crippen molar-refractivity contribution in [2.24, 2.45) is 17.3 Å². The number of methoxy groups -OCH3 is 1. The second kappa shape index (κ2) is 4.57. The van der Waals surface area contributed by atoms with Gasteiger partial charge in [0.2, 0.25) is 5.91 Å². The van der Waals surface area contributed by atoms with Crippen LogP contribution in [0.25, 0.3) is 0 Å². The van der Waals surface area contributed by atoms with Gasteiger partial charge in [-0.15, -0.1) is 0 Å². The molecule has 1 saturated carbocycles. The van der Waals surface area contributed by atoms with Crippen LogP contribution in [0.3, 0.4) is 0 Å². The molecule has 2 rings (SSSR count). The molecule has 2 N–H and O–H groups in total. The molecule has 1 aromatic carbocycles. The lowest BCUT2D eigenvalue weighted by Gasteiger charge is -2.07. The summed E-state index contributed by atoms with van der Waals surface area (Å²) in [6.07, 6.45) is 0. The van der Waals surface area contributed by atoms with E-state index < -0.39 is 23.2 Å².